The van der Waals surface area contributed by atoms with Crippen LogP contribution in [-0.2, 0) is 4.79 Å². The van der Waals surface area contributed by atoms with Gasteiger partial charge in [0.25, 0.3) is 0 Å². The lowest BCUT2D eigenvalue weighted by molar-refractivity contribution is -0.112. The summed E-state index contributed by atoms with van der Waals surface area (Å²) >= 11 is 1.67. The molecule has 1 aliphatic heterocycles. The fraction of sp³-hybridized carbons (Fsp3) is 0.500. The Kier molecular flexibility index (Phi) is 3.00. The third-order valence-corrected chi connectivity index (χ3v) is 2.52. The van der Waals surface area contributed by atoms with Gasteiger partial charge in [-0.1, -0.05) is 13.3 Å². The number of carbonyl (C=O) groups excluding carboxylic acids is 1. The van der Waals surface area contributed by atoms with Gasteiger partial charge in [-0.15, -0.1) is 11.8 Å². The molecule has 1 heterocycles. The summed E-state index contributed by atoms with van der Waals surface area (Å²) in [7, 11) is 0. The lowest BCUT2D eigenvalue weighted by Crippen LogP contribution is -1.86. The normalized spacial score (nSPS) is 17.7. The van der Waals surface area contributed by atoms with Crippen LogP contribution in [0.4, 0.5) is 0 Å². The van der Waals surface area contributed by atoms with Gasteiger partial charge < -0.3 is 0 Å². The number of hydrogen-bond donors (Lipinski definition) is 0. The summed E-state index contributed by atoms with van der Waals surface area (Å²) in [5.41, 5.74) is 0. The van der Waals surface area contributed by atoms with Crippen molar-refractivity contribution in [2.45, 2.75) is 19.3 Å². The van der Waals surface area contributed by atoms with Crippen LogP contribution in [0, 0.1) is 6.92 Å². The zero-order valence-electron chi connectivity index (χ0n) is 5.93. The van der Waals surface area contributed by atoms with Gasteiger partial charge in [0.15, 0.2) is 5.78 Å². The Hall–Kier alpha value is -0.240. The molecule has 1 aliphatic rings. The molecule has 1 nitrogen and oxygen atoms in total. The maximum absolute atomic E-state index is 10.7. The Morgan fingerprint density at radius 2 is 2.50 bits per heavy atom. The molecular weight excluding hydrogens is 144 g/mol. The molecule has 0 spiro atoms. The van der Waals surface area contributed by atoms with Gasteiger partial charge in [0.2, 0.25) is 0 Å². The number of thioether (sulfide) groups is 1. The molecule has 0 aromatic carbocycles. The minimum atomic E-state index is 0.268. The van der Waals surface area contributed by atoms with Crippen molar-refractivity contribution in [3.8, 4) is 0 Å². The van der Waals surface area contributed by atoms with Gasteiger partial charge in [0.1, 0.15) is 0 Å². The zero-order chi connectivity index (χ0) is 7.40. The summed E-state index contributed by atoms with van der Waals surface area (Å²) in [5, 5.41) is 0. The first-order chi connectivity index (χ1) is 4.83. The highest BCUT2D eigenvalue weighted by Gasteiger charge is 2.10. The summed E-state index contributed by atoms with van der Waals surface area (Å²) in [5.74, 6) is 0.927. The lowest BCUT2D eigenvalue weighted by atomic mass is 10.2. The van der Waals surface area contributed by atoms with Crippen LogP contribution in [0.15, 0.2) is 11.0 Å². The number of hydrogen-bond acceptors (Lipinski definition) is 2. The molecule has 0 unspecified atom stereocenters. The van der Waals surface area contributed by atoms with Crippen LogP contribution in [0.1, 0.15) is 19.3 Å². The molecule has 0 aromatic heterocycles. The molecule has 1 rings (SSSR count). The number of rotatable bonds is 3. The summed E-state index contributed by atoms with van der Waals surface area (Å²) in [6.45, 7) is 3.74. The first-order valence-corrected chi connectivity index (χ1v) is 4.47. The molecule has 0 aromatic rings. The van der Waals surface area contributed by atoms with E-state index in [-0.39, 0.29) is 5.78 Å². The van der Waals surface area contributed by atoms with E-state index in [4.69, 9.17) is 0 Å². The van der Waals surface area contributed by atoms with Crippen molar-refractivity contribution in [1.29, 1.82) is 0 Å². The van der Waals surface area contributed by atoms with Gasteiger partial charge >= 0.3 is 0 Å². The van der Waals surface area contributed by atoms with E-state index in [9.17, 15) is 4.79 Å². The minimum absolute atomic E-state index is 0.268. The average Bonchev–Trinajstić information content (AvgIpc) is 2.31. The average molecular weight is 155 g/mol. The second-order valence-electron chi connectivity index (χ2n) is 2.32. The maximum atomic E-state index is 10.7. The number of unbranched alkanes of at least 4 members (excludes halogenated alkanes) is 1. The van der Waals surface area contributed by atoms with Crippen LogP contribution >= 0.6 is 11.8 Å². The SMILES string of the molecule is [CH2]CCCC1=CC(=O)CS1. The molecular formula is C8H11OS. The molecule has 2 heteroatoms. The lowest BCUT2D eigenvalue weighted by Gasteiger charge is -1.95. The van der Waals surface area contributed by atoms with E-state index in [0.29, 0.717) is 5.75 Å². The molecule has 55 valence electrons. The highest BCUT2D eigenvalue weighted by Crippen LogP contribution is 2.26. The summed E-state index contributed by atoms with van der Waals surface area (Å²) in [6, 6.07) is 0. The van der Waals surface area contributed by atoms with E-state index in [1.165, 1.54) is 4.91 Å². The Labute approximate surface area is 65.9 Å². The van der Waals surface area contributed by atoms with Crippen LogP contribution in [0.5, 0.6) is 0 Å². The quantitative estimate of drug-likeness (QED) is 0.621. The minimum Gasteiger partial charge on any atom is -0.294 e. The first kappa shape index (κ1) is 7.86. The second kappa shape index (κ2) is 3.81. The maximum Gasteiger partial charge on any atom is 0.166 e. The molecule has 1 radical (unpaired) electrons. The van der Waals surface area contributed by atoms with E-state index >= 15 is 0 Å². The van der Waals surface area contributed by atoms with Crippen LogP contribution in [0.25, 0.3) is 0 Å². The van der Waals surface area contributed by atoms with Gasteiger partial charge in [-0.05, 0) is 23.8 Å². The largest absolute Gasteiger partial charge is 0.294 e. The summed E-state index contributed by atoms with van der Waals surface area (Å²) < 4.78 is 0. The predicted octanol–water partition coefficient (Wildman–Crippen LogP) is 2.19. The van der Waals surface area contributed by atoms with Gasteiger partial charge in [-0.2, -0.15) is 0 Å². The van der Waals surface area contributed by atoms with Crippen molar-refractivity contribution in [3.63, 3.8) is 0 Å². The third kappa shape index (κ3) is 2.18. The highest BCUT2D eigenvalue weighted by molar-refractivity contribution is 8.04. The summed E-state index contributed by atoms with van der Waals surface area (Å²) in [4.78, 5) is 11.9. The molecule has 10 heavy (non-hydrogen) atoms. The van der Waals surface area contributed by atoms with Gasteiger partial charge in [0.05, 0.1) is 5.75 Å². The predicted molar refractivity (Wildman–Crippen MR) is 44.8 cm³/mol. The Morgan fingerprint density at radius 3 is 3.00 bits per heavy atom. The number of carbonyl (C=O) groups is 1. The van der Waals surface area contributed by atoms with Gasteiger partial charge in [-0.25, -0.2) is 0 Å². The van der Waals surface area contributed by atoms with Crippen molar-refractivity contribution >= 4 is 17.5 Å². The molecule has 0 saturated heterocycles. The fourth-order valence-corrected chi connectivity index (χ4v) is 1.78. The molecule has 0 saturated carbocycles. The van der Waals surface area contributed by atoms with E-state index in [1.807, 2.05) is 0 Å². The van der Waals surface area contributed by atoms with Crippen molar-refractivity contribution in [2.24, 2.45) is 0 Å². The fourth-order valence-electron chi connectivity index (χ4n) is 0.870. The molecule has 0 N–H and O–H groups in total. The topological polar surface area (TPSA) is 17.1 Å². The van der Waals surface area contributed by atoms with Crippen LogP contribution in [0.3, 0.4) is 0 Å². The van der Waals surface area contributed by atoms with E-state index < -0.39 is 0 Å². The molecule has 0 fully saturated rings. The smallest absolute Gasteiger partial charge is 0.166 e. The van der Waals surface area contributed by atoms with Crippen molar-refractivity contribution < 1.29 is 4.79 Å². The van der Waals surface area contributed by atoms with Crippen LogP contribution < -0.4 is 0 Å². The second-order valence-corrected chi connectivity index (χ2v) is 3.42. The highest BCUT2D eigenvalue weighted by atomic mass is 32.2. The third-order valence-electron chi connectivity index (χ3n) is 1.39. The Bertz CT molecular complexity index is 161. The van der Waals surface area contributed by atoms with Crippen molar-refractivity contribution in [1.82, 2.24) is 0 Å². The first-order valence-electron chi connectivity index (χ1n) is 3.48. The zero-order valence-corrected chi connectivity index (χ0v) is 6.75. The summed E-state index contributed by atoms with van der Waals surface area (Å²) in [6.07, 6.45) is 4.87. The van der Waals surface area contributed by atoms with Crippen molar-refractivity contribution in [2.75, 3.05) is 5.75 Å². The van der Waals surface area contributed by atoms with E-state index in [0.717, 1.165) is 19.3 Å². The van der Waals surface area contributed by atoms with Crippen LogP contribution in [-0.4, -0.2) is 11.5 Å². The van der Waals surface area contributed by atoms with Gasteiger partial charge in [-0.3, -0.25) is 4.79 Å². The Balaban J connectivity index is 2.28. The standard InChI is InChI=1S/C8H11OS/c1-2-3-4-8-5-7(9)6-10-8/h5H,1-4,6H2. The number of ketones is 1. The molecule has 0 amide bonds. The molecule has 0 atom stereocenters. The van der Waals surface area contributed by atoms with E-state index in [1.54, 1.807) is 17.8 Å². The van der Waals surface area contributed by atoms with E-state index in [2.05, 4.69) is 6.92 Å². The van der Waals surface area contributed by atoms with Crippen molar-refractivity contribution in [3.05, 3.63) is 17.9 Å². The monoisotopic (exact) mass is 155 g/mol. The Morgan fingerprint density at radius 1 is 1.70 bits per heavy atom. The molecule has 0 bridgehead atoms. The van der Waals surface area contributed by atoms with Gasteiger partial charge in [0, 0.05) is 0 Å². The van der Waals surface area contributed by atoms with Crippen LogP contribution in [0.2, 0.25) is 0 Å². The number of allylic oxidation sites excluding steroid dienone is 2. The molecule has 0 aliphatic carbocycles.